The molecule has 0 bridgehead atoms. The molecule has 0 unspecified atom stereocenters. The van der Waals surface area contributed by atoms with Crippen LogP contribution in [0, 0.1) is 0 Å². The zero-order valence-corrected chi connectivity index (χ0v) is 13.8. The molecule has 1 N–H and O–H groups in total. The van der Waals surface area contributed by atoms with Crippen molar-refractivity contribution >= 4 is 0 Å². The molecule has 1 fully saturated rings. The van der Waals surface area contributed by atoms with Crippen molar-refractivity contribution in [2.75, 3.05) is 33.7 Å². The van der Waals surface area contributed by atoms with Crippen LogP contribution in [0.5, 0.6) is 0 Å². The molecule has 0 amide bonds. The third kappa shape index (κ3) is 5.38. The van der Waals surface area contributed by atoms with E-state index >= 15 is 0 Å². The first kappa shape index (κ1) is 16.4. The maximum atomic E-state index is 4.78. The lowest BCUT2D eigenvalue weighted by atomic mass is 10.0. The quantitative estimate of drug-likeness (QED) is 0.779. The third-order valence-corrected chi connectivity index (χ3v) is 4.27. The van der Waals surface area contributed by atoms with E-state index in [0.717, 1.165) is 31.4 Å². The lowest BCUT2D eigenvalue weighted by Gasteiger charge is -2.35. The molecule has 0 saturated carbocycles. The number of hydrogen-bond acceptors (Lipinski definition) is 4. The summed E-state index contributed by atoms with van der Waals surface area (Å²) in [6, 6.07) is 7.16. The predicted octanol–water partition coefficient (Wildman–Crippen LogP) is 2.11. The van der Waals surface area contributed by atoms with Crippen molar-refractivity contribution in [2.24, 2.45) is 0 Å². The second-order valence-electron chi connectivity index (χ2n) is 6.27. The third-order valence-electron chi connectivity index (χ3n) is 4.27. The minimum atomic E-state index is 0.749. The van der Waals surface area contributed by atoms with Gasteiger partial charge in [0, 0.05) is 32.2 Å². The highest BCUT2D eigenvalue weighted by Gasteiger charge is 2.20. The Bertz CT molecular complexity index is 411. The second-order valence-corrected chi connectivity index (χ2v) is 6.27. The summed E-state index contributed by atoms with van der Waals surface area (Å²) in [6.45, 7) is 7.48. The van der Waals surface area contributed by atoms with Crippen LogP contribution in [-0.4, -0.2) is 54.6 Å². The van der Waals surface area contributed by atoms with Crippen molar-refractivity contribution in [2.45, 2.75) is 45.3 Å². The van der Waals surface area contributed by atoms with E-state index in [9.17, 15) is 0 Å². The Morgan fingerprint density at radius 3 is 2.62 bits per heavy atom. The van der Waals surface area contributed by atoms with Gasteiger partial charge >= 0.3 is 0 Å². The van der Waals surface area contributed by atoms with Gasteiger partial charge in [0.2, 0.25) is 0 Å². The fourth-order valence-corrected chi connectivity index (χ4v) is 2.93. The number of aromatic nitrogens is 1. The summed E-state index contributed by atoms with van der Waals surface area (Å²) in [7, 11) is 4.38. The number of nitrogens with one attached hydrogen (secondary N) is 1. The molecule has 1 aromatic heterocycles. The number of nitrogens with zero attached hydrogens (tertiary/aromatic N) is 3. The van der Waals surface area contributed by atoms with Crippen molar-refractivity contribution < 1.29 is 0 Å². The Kier molecular flexibility index (Phi) is 6.61. The van der Waals surface area contributed by atoms with E-state index in [2.05, 4.69) is 54.3 Å². The van der Waals surface area contributed by atoms with Gasteiger partial charge in [-0.15, -0.1) is 0 Å². The van der Waals surface area contributed by atoms with E-state index in [1.165, 1.54) is 38.0 Å². The molecule has 0 aliphatic carbocycles. The first-order chi connectivity index (χ1) is 10.2. The van der Waals surface area contributed by atoms with Gasteiger partial charge in [0.05, 0.1) is 11.4 Å². The van der Waals surface area contributed by atoms with Gasteiger partial charge in [-0.2, -0.15) is 0 Å². The van der Waals surface area contributed by atoms with Crippen LogP contribution in [0.1, 0.15) is 37.6 Å². The Morgan fingerprint density at radius 2 is 1.95 bits per heavy atom. The van der Waals surface area contributed by atoms with Crippen LogP contribution in [0.25, 0.3) is 0 Å². The fourth-order valence-electron chi connectivity index (χ4n) is 2.93. The molecule has 1 saturated heterocycles. The highest BCUT2D eigenvalue weighted by atomic mass is 15.2. The van der Waals surface area contributed by atoms with E-state index in [0.29, 0.717) is 0 Å². The molecule has 118 valence electrons. The van der Waals surface area contributed by atoms with Gasteiger partial charge in [0.15, 0.2) is 0 Å². The van der Waals surface area contributed by atoms with Crippen LogP contribution in [0.3, 0.4) is 0 Å². The van der Waals surface area contributed by atoms with E-state index in [1.807, 2.05) is 0 Å². The smallest absolute Gasteiger partial charge is 0.0547 e. The summed E-state index contributed by atoms with van der Waals surface area (Å²) in [5, 5.41) is 3.42. The molecular weight excluding hydrogens is 260 g/mol. The summed E-state index contributed by atoms with van der Waals surface area (Å²) in [5.41, 5.74) is 2.36. The Morgan fingerprint density at radius 1 is 1.24 bits per heavy atom. The molecule has 1 aliphatic heterocycles. The largest absolute Gasteiger partial charge is 0.311 e. The van der Waals surface area contributed by atoms with E-state index in [-0.39, 0.29) is 0 Å². The topological polar surface area (TPSA) is 31.4 Å². The van der Waals surface area contributed by atoms with Crippen LogP contribution in [0.15, 0.2) is 18.2 Å². The van der Waals surface area contributed by atoms with Crippen molar-refractivity contribution in [1.82, 2.24) is 20.1 Å². The Hall–Kier alpha value is -0.970. The highest BCUT2D eigenvalue weighted by Crippen LogP contribution is 2.16. The van der Waals surface area contributed by atoms with Crippen molar-refractivity contribution in [1.29, 1.82) is 0 Å². The molecule has 4 nitrogen and oxygen atoms in total. The average molecular weight is 290 g/mol. The van der Waals surface area contributed by atoms with Crippen LogP contribution < -0.4 is 5.32 Å². The number of pyridine rings is 1. The first-order valence-corrected chi connectivity index (χ1v) is 8.23. The zero-order valence-electron chi connectivity index (χ0n) is 13.8. The summed E-state index contributed by atoms with van der Waals surface area (Å²) >= 11 is 0. The molecule has 4 heteroatoms. The maximum absolute atomic E-state index is 4.78. The molecule has 0 atom stereocenters. The molecule has 21 heavy (non-hydrogen) atoms. The van der Waals surface area contributed by atoms with Gasteiger partial charge in [-0.25, -0.2) is 0 Å². The summed E-state index contributed by atoms with van der Waals surface area (Å²) in [5.74, 6) is 0. The Labute approximate surface area is 129 Å². The minimum absolute atomic E-state index is 0.749. The molecule has 1 aromatic rings. The molecular formula is C17H30N4. The minimum Gasteiger partial charge on any atom is -0.311 e. The van der Waals surface area contributed by atoms with Crippen LogP contribution >= 0.6 is 0 Å². The van der Waals surface area contributed by atoms with Gasteiger partial charge in [-0.3, -0.25) is 9.88 Å². The van der Waals surface area contributed by atoms with E-state index in [4.69, 9.17) is 4.98 Å². The number of rotatable bonds is 7. The lowest BCUT2D eigenvalue weighted by molar-refractivity contribution is 0.139. The van der Waals surface area contributed by atoms with Crippen LogP contribution in [0.2, 0.25) is 0 Å². The first-order valence-electron chi connectivity index (χ1n) is 8.23. The van der Waals surface area contributed by atoms with Gasteiger partial charge in [0.1, 0.15) is 0 Å². The van der Waals surface area contributed by atoms with Gasteiger partial charge < -0.3 is 10.2 Å². The summed E-state index contributed by atoms with van der Waals surface area (Å²) in [6.07, 6.45) is 3.70. The molecule has 0 radical (unpaired) electrons. The summed E-state index contributed by atoms with van der Waals surface area (Å²) in [4.78, 5) is 9.67. The molecule has 2 rings (SSSR count). The van der Waals surface area contributed by atoms with Crippen LogP contribution in [-0.2, 0) is 13.1 Å². The SMILES string of the molecule is CCCNCc1cccc(CN2CCC(N(C)C)CC2)n1. The fraction of sp³-hybridized carbons (Fsp3) is 0.706. The standard InChI is InChI=1S/C17H30N4/c1-4-10-18-13-15-6-5-7-16(19-15)14-21-11-8-17(9-12-21)20(2)3/h5-7,17-18H,4,8-14H2,1-3H3. The van der Waals surface area contributed by atoms with E-state index < -0.39 is 0 Å². The predicted molar refractivity (Wildman–Crippen MR) is 88.2 cm³/mol. The number of likely N-dealkylation sites (tertiary alicyclic amines) is 1. The monoisotopic (exact) mass is 290 g/mol. The van der Waals surface area contributed by atoms with Crippen molar-refractivity contribution in [3.8, 4) is 0 Å². The van der Waals surface area contributed by atoms with Crippen LogP contribution in [0.4, 0.5) is 0 Å². The number of hydrogen-bond donors (Lipinski definition) is 1. The van der Waals surface area contributed by atoms with Crippen molar-refractivity contribution in [3.05, 3.63) is 29.6 Å². The normalized spacial score (nSPS) is 17.5. The maximum Gasteiger partial charge on any atom is 0.0547 e. The lowest BCUT2D eigenvalue weighted by Crippen LogP contribution is -2.41. The van der Waals surface area contributed by atoms with E-state index in [1.54, 1.807) is 0 Å². The second kappa shape index (κ2) is 8.47. The van der Waals surface area contributed by atoms with Gasteiger partial charge in [-0.1, -0.05) is 13.0 Å². The molecule has 1 aliphatic rings. The Balaban J connectivity index is 1.81. The van der Waals surface area contributed by atoms with Crippen molar-refractivity contribution in [3.63, 3.8) is 0 Å². The summed E-state index contributed by atoms with van der Waals surface area (Å²) < 4.78 is 0. The molecule has 0 aromatic carbocycles. The van der Waals surface area contributed by atoms with Gasteiger partial charge in [-0.05, 0) is 52.0 Å². The zero-order chi connectivity index (χ0) is 15.1. The highest BCUT2D eigenvalue weighted by molar-refractivity contribution is 5.11. The molecule has 2 heterocycles. The average Bonchev–Trinajstić information content (AvgIpc) is 2.48. The number of piperidine rings is 1. The van der Waals surface area contributed by atoms with Gasteiger partial charge in [0.25, 0.3) is 0 Å². The molecule has 0 spiro atoms.